The summed E-state index contributed by atoms with van der Waals surface area (Å²) in [6.07, 6.45) is 18.2. The molecule has 1 saturated carbocycles. The highest BCUT2D eigenvalue weighted by Crippen LogP contribution is 2.38. The van der Waals surface area contributed by atoms with E-state index in [-0.39, 0.29) is 0 Å². The van der Waals surface area contributed by atoms with Crippen LogP contribution in [-0.4, -0.2) is 0 Å². The van der Waals surface area contributed by atoms with Gasteiger partial charge in [-0.05, 0) is 108 Å². The van der Waals surface area contributed by atoms with Gasteiger partial charge in [0.1, 0.15) is 0 Å². The van der Waals surface area contributed by atoms with Crippen molar-refractivity contribution in [3.8, 4) is 0 Å². The maximum Gasteiger partial charge on any atom is 0.0316 e. The van der Waals surface area contributed by atoms with Crippen molar-refractivity contribution in [1.82, 2.24) is 0 Å². The molecule has 2 unspecified atom stereocenters. The second-order valence-electron chi connectivity index (χ2n) is 14.9. The number of rotatable bonds is 16. The van der Waals surface area contributed by atoms with E-state index in [1.165, 1.54) is 134 Å². The van der Waals surface area contributed by atoms with Crippen LogP contribution < -0.4 is 11.5 Å². The third-order valence-corrected chi connectivity index (χ3v) is 11.3. The molecule has 4 aromatic rings. The Balaban J connectivity index is 1.43. The largest absolute Gasteiger partial charge is 0.399 e. The lowest BCUT2D eigenvalue weighted by Crippen LogP contribution is -2.09. The Morgan fingerprint density at radius 3 is 1.31 bits per heavy atom. The Labute approximate surface area is 292 Å². The molecule has 0 bridgehead atoms. The van der Waals surface area contributed by atoms with Crippen molar-refractivity contribution in [2.45, 2.75) is 135 Å². The lowest BCUT2D eigenvalue weighted by molar-refractivity contribution is 0.328. The number of benzene rings is 4. The van der Waals surface area contributed by atoms with Crippen molar-refractivity contribution < 1.29 is 0 Å². The third-order valence-electron chi connectivity index (χ3n) is 11.3. The Morgan fingerprint density at radius 2 is 0.917 bits per heavy atom. The summed E-state index contributed by atoms with van der Waals surface area (Å²) in [5.41, 5.74) is 25.2. The van der Waals surface area contributed by atoms with E-state index < -0.39 is 0 Å². The minimum absolute atomic E-state index is 0.403. The van der Waals surface area contributed by atoms with Crippen molar-refractivity contribution >= 4 is 11.4 Å². The van der Waals surface area contributed by atoms with Crippen molar-refractivity contribution in [3.05, 3.63) is 129 Å². The van der Waals surface area contributed by atoms with Gasteiger partial charge in [-0.15, -0.1) is 0 Å². The number of hydrogen-bond donors (Lipinski definition) is 2. The lowest BCUT2D eigenvalue weighted by atomic mass is 9.80. The minimum Gasteiger partial charge on any atom is -0.399 e. The molecule has 1 aliphatic rings. The SMILES string of the molecule is CCCCC(c1ccc(C(CCCC2CCCCC2)c2ccc(C(CCCC)c3ccc(N)cc3C)cc2)cc1)c1ccc(N)cc1C. The highest BCUT2D eigenvalue weighted by molar-refractivity contribution is 5.50. The fourth-order valence-corrected chi connectivity index (χ4v) is 8.53. The Bertz CT molecular complexity index is 1440. The van der Waals surface area contributed by atoms with Gasteiger partial charge in [-0.1, -0.05) is 145 Å². The van der Waals surface area contributed by atoms with Gasteiger partial charge in [-0.2, -0.15) is 0 Å². The van der Waals surface area contributed by atoms with Crippen LogP contribution in [0.25, 0.3) is 0 Å². The lowest BCUT2D eigenvalue weighted by Gasteiger charge is -2.25. The van der Waals surface area contributed by atoms with E-state index in [1.807, 2.05) is 0 Å². The molecule has 0 aromatic heterocycles. The van der Waals surface area contributed by atoms with Crippen LogP contribution in [0.2, 0.25) is 0 Å². The molecule has 2 nitrogen and oxygen atoms in total. The second kappa shape index (κ2) is 17.8. The average molecular weight is 643 g/mol. The number of hydrogen-bond acceptors (Lipinski definition) is 2. The molecule has 4 aromatic carbocycles. The van der Waals surface area contributed by atoms with Gasteiger partial charge in [0.25, 0.3) is 0 Å². The maximum absolute atomic E-state index is 6.15. The van der Waals surface area contributed by atoms with Crippen molar-refractivity contribution in [3.63, 3.8) is 0 Å². The summed E-state index contributed by atoms with van der Waals surface area (Å²) in [7, 11) is 0. The predicted octanol–water partition coefficient (Wildman–Crippen LogP) is 13.0. The molecule has 0 spiro atoms. The van der Waals surface area contributed by atoms with E-state index in [2.05, 4.69) is 113 Å². The zero-order valence-electron chi connectivity index (χ0n) is 30.4. The molecule has 1 aliphatic carbocycles. The van der Waals surface area contributed by atoms with E-state index in [0.29, 0.717) is 17.8 Å². The van der Waals surface area contributed by atoms with E-state index in [1.54, 1.807) is 0 Å². The summed E-state index contributed by atoms with van der Waals surface area (Å²) in [6, 6.07) is 32.4. The highest BCUT2D eigenvalue weighted by atomic mass is 14.5. The van der Waals surface area contributed by atoms with Crippen LogP contribution in [0.15, 0.2) is 84.9 Å². The Morgan fingerprint density at radius 1 is 0.521 bits per heavy atom. The summed E-state index contributed by atoms with van der Waals surface area (Å²) in [5, 5.41) is 0. The number of unbranched alkanes of at least 4 members (excludes halogenated alkanes) is 2. The topological polar surface area (TPSA) is 52.0 Å². The molecule has 0 heterocycles. The normalized spacial score (nSPS) is 15.7. The van der Waals surface area contributed by atoms with Gasteiger partial charge in [-0.3, -0.25) is 0 Å². The molecule has 2 atom stereocenters. The van der Waals surface area contributed by atoms with Gasteiger partial charge in [-0.25, -0.2) is 0 Å². The van der Waals surface area contributed by atoms with Crippen LogP contribution in [0.5, 0.6) is 0 Å². The van der Waals surface area contributed by atoms with Crippen LogP contribution in [0.4, 0.5) is 11.4 Å². The van der Waals surface area contributed by atoms with Gasteiger partial charge in [0.05, 0.1) is 0 Å². The molecule has 4 N–H and O–H groups in total. The Kier molecular flexibility index (Phi) is 13.2. The quantitative estimate of drug-likeness (QED) is 0.119. The first-order valence-corrected chi connectivity index (χ1v) is 19.3. The third kappa shape index (κ3) is 9.34. The monoisotopic (exact) mass is 642 g/mol. The summed E-state index contributed by atoms with van der Waals surface area (Å²) in [6.45, 7) is 9.02. The van der Waals surface area contributed by atoms with Gasteiger partial charge >= 0.3 is 0 Å². The molecule has 2 heteroatoms. The van der Waals surface area contributed by atoms with Crippen LogP contribution >= 0.6 is 0 Å². The predicted molar refractivity (Wildman–Crippen MR) is 209 cm³/mol. The van der Waals surface area contributed by atoms with Crippen LogP contribution in [0.3, 0.4) is 0 Å². The summed E-state index contributed by atoms with van der Waals surface area (Å²) < 4.78 is 0. The molecular weight excluding hydrogens is 581 g/mol. The maximum atomic E-state index is 6.15. The van der Waals surface area contributed by atoms with Crippen molar-refractivity contribution in [1.29, 1.82) is 0 Å². The van der Waals surface area contributed by atoms with E-state index >= 15 is 0 Å². The molecule has 48 heavy (non-hydrogen) atoms. The molecular formula is C46H62N2. The summed E-state index contributed by atoms with van der Waals surface area (Å²) in [5.74, 6) is 2.14. The van der Waals surface area contributed by atoms with Crippen LogP contribution in [-0.2, 0) is 0 Å². The molecule has 256 valence electrons. The second-order valence-corrected chi connectivity index (χ2v) is 14.9. The zero-order valence-corrected chi connectivity index (χ0v) is 30.4. The average Bonchev–Trinajstić information content (AvgIpc) is 3.09. The van der Waals surface area contributed by atoms with Crippen LogP contribution in [0, 0.1) is 19.8 Å². The first kappa shape index (κ1) is 35.8. The summed E-state index contributed by atoms with van der Waals surface area (Å²) >= 11 is 0. The fourth-order valence-electron chi connectivity index (χ4n) is 8.53. The molecule has 0 amide bonds. The first-order valence-electron chi connectivity index (χ1n) is 19.3. The summed E-state index contributed by atoms with van der Waals surface area (Å²) in [4.78, 5) is 0. The standard InChI is InChI=1S/C46H62N2/c1-5-7-16-45(42-29-27-40(47)31-33(42)3)38-23-19-36(20-24-38)44(18-12-15-35-13-10-9-11-14-35)37-21-25-39(26-22-37)46(17-8-6-2)43-30-28-41(48)32-34(43)4/h19-32,35,44-46H,5-18,47-48H2,1-4H3. The highest BCUT2D eigenvalue weighted by Gasteiger charge is 2.22. The number of nitrogens with two attached hydrogens (primary N) is 2. The van der Waals surface area contributed by atoms with Crippen molar-refractivity contribution in [2.24, 2.45) is 5.92 Å². The van der Waals surface area contributed by atoms with Gasteiger partial charge < -0.3 is 11.5 Å². The molecule has 0 radical (unpaired) electrons. The number of aryl methyl sites for hydroxylation is 2. The smallest absolute Gasteiger partial charge is 0.0316 e. The molecule has 0 saturated heterocycles. The molecule has 5 rings (SSSR count). The van der Waals surface area contributed by atoms with Gasteiger partial charge in [0.2, 0.25) is 0 Å². The van der Waals surface area contributed by atoms with Crippen molar-refractivity contribution in [2.75, 3.05) is 11.5 Å². The van der Waals surface area contributed by atoms with E-state index in [9.17, 15) is 0 Å². The fraction of sp³-hybridized carbons (Fsp3) is 0.478. The number of nitrogen functional groups attached to an aromatic ring is 2. The zero-order chi connectivity index (χ0) is 33.9. The van der Waals surface area contributed by atoms with Gasteiger partial charge in [0, 0.05) is 29.1 Å². The van der Waals surface area contributed by atoms with E-state index in [0.717, 1.165) is 17.3 Å². The van der Waals surface area contributed by atoms with E-state index in [4.69, 9.17) is 11.5 Å². The van der Waals surface area contributed by atoms with Crippen LogP contribution in [0.1, 0.15) is 166 Å². The van der Waals surface area contributed by atoms with Gasteiger partial charge in [0.15, 0.2) is 0 Å². The molecule has 0 aliphatic heterocycles. The first-order chi connectivity index (χ1) is 23.4. The Hall–Kier alpha value is -3.52. The minimum atomic E-state index is 0.403. The number of anilines is 2. The molecule has 1 fully saturated rings.